The number of carbonyl (C=O) groups is 2. The van der Waals surface area contributed by atoms with Crippen molar-refractivity contribution < 1.29 is 18.7 Å². The largest absolute Gasteiger partial charge is 0.497 e. The molecule has 0 fully saturated rings. The van der Waals surface area contributed by atoms with Crippen LogP contribution >= 0.6 is 0 Å². The topological polar surface area (TPSA) is 70.4 Å². The number of nitriles is 1. The Morgan fingerprint density at radius 2 is 2.00 bits per heavy atom. The predicted octanol–water partition coefficient (Wildman–Crippen LogP) is 3.11. The summed E-state index contributed by atoms with van der Waals surface area (Å²) < 4.78 is 19.2. The molecule has 0 bridgehead atoms. The van der Waals surface area contributed by atoms with Crippen LogP contribution < -0.4 is 4.74 Å². The summed E-state index contributed by atoms with van der Waals surface area (Å²) in [6.45, 7) is 5.24. The molecular formula is C19H21FN2O3. The van der Waals surface area contributed by atoms with E-state index in [1.807, 2.05) is 6.07 Å². The number of ketones is 1. The molecule has 2 rings (SSSR count). The molecule has 0 saturated heterocycles. The first-order chi connectivity index (χ1) is 11.6. The Balaban J connectivity index is 2.44. The fourth-order valence-electron chi connectivity index (χ4n) is 3.27. The van der Waals surface area contributed by atoms with Crippen LogP contribution in [0, 0.1) is 22.6 Å². The third kappa shape index (κ3) is 3.27. The summed E-state index contributed by atoms with van der Waals surface area (Å²) in [6, 6.07) is 5.93. The molecule has 5 nitrogen and oxygen atoms in total. The molecule has 6 heteroatoms. The number of rotatable bonds is 3. The maximum atomic E-state index is 14.2. The van der Waals surface area contributed by atoms with E-state index in [0.717, 1.165) is 6.07 Å². The van der Waals surface area contributed by atoms with Crippen LogP contribution in [0.5, 0.6) is 5.75 Å². The van der Waals surface area contributed by atoms with Gasteiger partial charge < -0.3 is 9.64 Å². The second-order valence-corrected chi connectivity index (χ2v) is 7.13. The molecule has 0 aliphatic heterocycles. The number of Topliss-reactive ketones (excluding diaryl/α,β-unsaturated/α-hetero) is 1. The number of ether oxygens (including phenoxy) is 1. The van der Waals surface area contributed by atoms with Gasteiger partial charge in [0.15, 0.2) is 5.78 Å². The standard InChI is InChI=1S/C19H21FN2O3/c1-18(2)11-19(3,9-12(10-21)16(18)23)22(4)17(24)14-7-6-13(25-5)8-15(14)20/h6-9H,11H2,1-5H3/t19-/m1/s1. The molecule has 1 aliphatic rings. The number of amides is 1. The van der Waals surface area contributed by atoms with Crippen molar-refractivity contribution in [2.75, 3.05) is 14.2 Å². The molecule has 0 N–H and O–H groups in total. The highest BCUT2D eigenvalue weighted by Crippen LogP contribution is 2.40. The van der Waals surface area contributed by atoms with Crippen molar-refractivity contribution in [3.8, 4) is 11.8 Å². The van der Waals surface area contributed by atoms with Crippen LogP contribution in [-0.4, -0.2) is 36.3 Å². The summed E-state index contributed by atoms with van der Waals surface area (Å²) in [6.07, 6.45) is 1.84. The molecule has 0 heterocycles. The lowest BCUT2D eigenvalue weighted by Gasteiger charge is -2.44. The Hall–Kier alpha value is -2.68. The lowest BCUT2D eigenvalue weighted by molar-refractivity contribution is -0.125. The fraction of sp³-hybridized carbons (Fsp3) is 0.421. The van der Waals surface area contributed by atoms with Crippen LogP contribution in [0.25, 0.3) is 0 Å². The molecule has 0 aromatic heterocycles. The summed E-state index contributed by atoms with van der Waals surface area (Å²) in [7, 11) is 2.96. The molecular weight excluding hydrogens is 323 g/mol. The maximum absolute atomic E-state index is 14.2. The van der Waals surface area contributed by atoms with Crippen LogP contribution in [0.15, 0.2) is 29.8 Å². The lowest BCUT2D eigenvalue weighted by atomic mass is 9.68. The molecule has 0 unspecified atom stereocenters. The van der Waals surface area contributed by atoms with Crippen molar-refractivity contribution in [2.45, 2.75) is 32.7 Å². The Morgan fingerprint density at radius 1 is 1.36 bits per heavy atom. The van der Waals surface area contributed by atoms with E-state index in [4.69, 9.17) is 4.74 Å². The van der Waals surface area contributed by atoms with Gasteiger partial charge in [0.05, 0.1) is 23.8 Å². The molecule has 1 aromatic rings. The minimum absolute atomic E-state index is 0.0219. The summed E-state index contributed by atoms with van der Waals surface area (Å²) in [5.41, 5.74) is -1.74. The Kier molecular flexibility index (Phi) is 4.72. The maximum Gasteiger partial charge on any atom is 0.257 e. The monoisotopic (exact) mass is 344 g/mol. The van der Waals surface area contributed by atoms with Gasteiger partial charge in [-0.25, -0.2) is 4.39 Å². The zero-order valence-electron chi connectivity index (χ0n) is 15.0. The van der Waals surface area contributed by atoms with E-state index in [1.54, 1.807) is 27.8 Å². The molecule has 1 aromatic carbocycles. The van der Waals surface area contributed by atoms with Crippen molar-refractivity contribution in [1.29, 1.82) is 5.26 Å². The fourth-order valence-corrected chi connectivity index (χ4v) is 3.27. The summed E-state index contributed by atoms with van der Waals surface area (Å²) in [5.74, 6) is -1.14. The zero-order chi connectivity index (χ0) is 19.0. The van der Waals surface area contributed by atoms with E-state index >= 15 is 0 Å². The molecule has 1 amide bonds. The van der Waals surface area contributed by atoms with Gasteiger partial charge in [0.2, 0.25) is 0 Å². The van der Waals surface area contributed by atoms with Gasteiger partial charge in [-0.05, 0) is 31.6 Å². The molecule has 0 radical (unpaired) electrons. The van der Waals surface area contributed by atoms with Gasteiger partial charge in [-0.3, -0.25) is 9.59 Å². The van der Waals surface area contributed by atoms with Crippen LogP contribution in [0.4, 0.5) is 4.39 Å². The second-order valence-electron chi connectivity index (χ2n) is 7.13. The van der Waals surface area contributed by atoms with Crippen molar-refractivity contribution >= 4 is 11.7 Å². The number of likely N-dealkylation sites (N-methyl/N-ethyl adjacent to an activating group) is 1. The quantitative estimate of drug-likeness (QED) is 0.845. The number of halogens is 1. The Labute approximate surface area is 146 Å². The summed E-state index contributed by atoms with van der Waals surface area (Å²) >= 11 is 0. The molecule has 132 valence electrons. The van der Waals surface area contributed by atoms with Gasteiger partial charge in [-0.15, -0.1) is 0 Å². The minimum atomic E-state index is -0.883. The first kappa shape index (κ1) is 18.7. The smallest absolute Gasteiger partial charge is 0.257 e. The van der Waals surface area contributed by atoms with Crippen molar-refractivity contribution in [3.05, 3.63) is 41.2 Å². The number of allylic oxidation sites excluding steroid dienone is 1. The number of benzene rings is 1. The zero-order valence-corrected chi connectivity index (χ0v) is 15.0. The van der Waals surface area contributed by atoms with Gasteiger partial charge in [0, 0.05) is 18.5 Å². The van der Waals surface area contributed by atoms with Gasteiger partial charge in [-0.1, -0.05) is 13.8 Å². The second kappa shape index (κ2) is 6.32. The van der Waals surface area contributed by atoms with Crippen LogP contribution in [0.1, 0.15) is 37.6 Å². The number of nitrogens with zero attached hydrogens (tertiary/aromatic N) is 2. The third-order valence-corrected chi connectivity index (χ3v) is 4.71. The average Bonchev–Trinajstić information content (AvgIpc) is 2.56. The van der Waals surface area contributed by atoms with E-state index in [-0.39, 0.29) is 16.9 Å². The number of methoxy groups -OCH3 is 1. The Morgan fingerprint density at radius 3 is 2.52 bits per heavy atom. The molecule has 1 aliphatic carbocycles. The number of hydrogen-bond acceptors (Lipinski definition) is 4. The van der Waals surface area contributed by atoms with E-state index in [0.29, 0.717) is 12.2 Å². The summed E-state index contributed by atoms with van der Waals surface area (Å²) in [4.78, 5) is 26.5. The van der Waals surface area contributed by atoms with Gasteiger partial charge >= 0.3 is 0 Å². The van der Waals surface area contributed by atoms with Gasteiger partial charge in [0.1, 0.15) is 17.6 Å². The van der Waals surface area contributed by atoms with Crippen molar-refractivity contribution in [1.82, 2.24) is 4.90 Å². The van der Waals surface area contributed by atoms with E-state index in [9.17, 15) is 19.2 Å². The van der Waals surface area contributed by atoms with Crippen molar-refractivity contribution in [3.63, 3.8) is 0 Å². The highest BCUT2D eigenvalue weighted by Gasteiger charge is 2.46. The van der Waals surface area contributed by atoms with E-state index in [1.165, 1.54) is 30.2 Å². The molecule has 0 saturated carbocycles. The van der Waals surface area contributed by atoms with Crippen LogP contribution in [0.3, 0.4) is 0 Å². The van der Waals surface area contributed by atoms with Crippen LogP contribution in [0.2, 0.25) is 0 Å². The number of carbonyl (C=O) groups excluding carboxylic acids is 2. The van der Waals surface area contributed by atoms with E-state index in [2.05, 4.69) is 0 Å². The van der Waals surface area contributed by atoms with Crippen molar-refractivity contribution in [2.24, 2.45) is 5.41 Å². The van der Waals surface area contributed by atoms with E-state index < -0.39 is 22.7 Å². The first-order valence-corrected chi connectivity index (χ1v) is 7.85. The third-order valence-electron chi connectivity index (χ3n) is 4.71. The molecule has 0 spiro atoms. The Bertz CT molecular complexity index is 807. The van der Waals surface area contributed by atoms with Gasteiger partial charge in [0.25, 0.3) is 5.91 Å². The molecule has 1 atom stereocenters. The first-order valence-electron chi connectivity index (χ1n) is 7.85. The lowest BCUT2D eigenvalue weighted by Crippen LogP contribution is -2.52. The number of hydrogen-bond donors (Lipinski definition) is 0. The summed E-state index contributed by atoms with van der Waals surface area (Å²) in [5, 5.41) is 9.25. The highest BCUT2D eigenvalue weighted by molar-refractivity contribution is 6.04. The minimum Gasteiger partial charge on any atom is -0.497 e. The average molecular weight is 344 g/mol. The normalized spacial score (nSPS) is 22.0. The predicted molar refractivity (Wildman–Crippen MR) is 90.6 cm³/mol. The highest BCUT2D eigenvalue weighted by atomic mass is 19.1. The molecule has 25 heavy (non-hydrogen) atoms. The van der Waals surface area contributed by atoms with Gasteiger partial charge in [-0.2, -0.15) is 5.26 Å². The van der Waals surface area contributed by atoms with Crippen LogP contribution in [-0.2, 0) is 4.79 Å². The SMILES string of the molecule is COc1ccc(C(=O)N(C)[C@]2(C)C=C(C#N)C(=O)C(C)(C)C2)c(F)c1.